The number of hydrogen-bond donors (Lipinski definition) is 5. The molecule has 1 heterocycles. The molecule has 1 aliphatic rings. The Hall–Kier alpha value is -5.00. The van der Waals surface area contributed by atoms with Gasteiger partial charge in [-0.15, -0.1) is 0 Å². The number of carbonyl (C=O) groups excluding carboxylic acids is 3. The zero-order valence-corrected chi connectivity index (χ0v) is 27.4. The minimum Gasteiger partial charge on any atom is -0.506 e. The maximum atomic E-state index is 13.3. The summed E-state index contributed by atoms with van der Waals surface area (Å²) in [5.74, 6) is -1.22. The number of aldehydes is 1. The first-order valence-electron chi connectivity index (χ1n) is 16.2. The molecule has 254 valence electrons. The van der Waals surface area contributed by atoms with E-state index in [1.54, 1.807) is 47.2 Å². The topological polar surface area (TPSA) is 160 Å². The van der Waals surface area contributed by atoms with Crippen LogP contribution in [0.15, 0.2) is 72.8 Å². The Morgan fingerprint density at radius 1 is 1.00 bits per heavy atom. The number of phenolic OH excluding ortho intramolecular Hbond substituents is 1. The van der Waals surface area contributed by atoms with Gasteiger partial charge in [0.25, 0.3) is 11.8 Å². The Morgan fingerprint density at radius 3 is 2.27 bits per heavy atom. The van der Waals surface area contributed by atoms with Crippen molar-refractivity contribution in [2.75, 3.05) is 51.6 Å². The van der Waals surface area contributed by atoms with Gasteiger partial charge in [0.05, 0.1) is 17.2 Å². The van der Waals surface area contributed by atoms with E-state index in [1.807, 2.05) is 37.3 Å². The van der Waals surface area contributed by atoms with Crippen molar-refractivity contribution in [1.82, 2.24) is 15.1 Å². The summed E-state index contributed by atoms with van der Waals surface area (Å²) in [4.78, 5) is 53.1. The zero-order valence-electron chi connectivity index (χ0n) is 27.4. The average Bonchev–Trinajstić information content (AvgIpc) is 3.12. The van der Waals surface area contributed by atoms with Gasteiger partial charge in [0.2, 0.25) is 0 Å². The Balaban J connectivity index is 1.28. The molecule has 1 aliphatic heterocycles. The summed E-state index contributed by atoms with van der Waals surface area (Å²) in [6.07, 6.45) is 3.84. The number of carboxylic acids is 1. The van der Waals surface area contributed by atoms with Crippen LogP contribution < -0.4 is 10.6 Å². The van der Waals surface area contributed by atoms with E-state index in [4.69, 9.17) is 0 Å². The number of aliphatic hydroxyl groups is 1. The molecule has 1 unspecified atom stereocenters. The van der Waals surface area contributed by atoms with Crippen molar-refractivity contribution in [3.05, 3.63) is 101 Å². The number of rotatable bonds is 15. The number of hydrogen-bond acceptors (Lipinski definition) is 8. The van der Waals surface area contributed by atoms with Crippen molar-refractivity contribution in [3.8, 4) is 5.75 Å². The molecule has 1 atom stereocenters. The molecule has 1 saturated heterocycles. The highest BCUT2D eigenvalue weighted by molar-refractivity contribution is 5.98. The Bertz CT molecular complexity index is 1600. The predicted molar refractivity (Wildman–Crippen MR) is 184 cm³/mol. The summed E-state index contributed by atoms with van der Waals surface area (Å²) in [5, 5.41) is 37.2. The number of allylic oxidation sites excluding steroid dienone is 1. The second-order valence-electron chi connectivity index (χ2n) is 11.8. The zero-order chi connectivity index (χ0) is 34.7. The highest BCUT2D eigenvalue weighted by Gasteiger charge is 2.44. The van der Waals surface area contributed by atoms with Crippen molar-refractivity contribution >= 4 is 35.8 Å². The number of carboxylic acid groups (broad SMARTS) is 1. The van der Waals surface area contributed by atoms with Gasteiger partial charge in [-0.3, -0.25) is 19.2 Å². The van der Waals surface area contributed by atoms with E-state index < -0.39 is 17.5 Å². The number of aliphatic hydroxyl groups excluding tert-OH is 1. The average molecular weight is 657 g/mol. The van der Waals surface area contributed by atoms with E-state index in [2.05, 4.69) is 10.6 Å². The van der Waals surface area contributed by atoms with Crippen LogP contribution >= 0.6 is 0 Å². The monoisotopic (exact) mass is 656 g/mol. The largest absolute Gasteiger partial charge is 0.506 e. The number of benzene rings is 3. The van der Waals surface area contributed by atoms with Gasteiger partial charge in [-0.25, -0.2) is 0 Å². The van der Waals surface area contributed by atoms with Gasteiger partial charge in [-0.2, -0.15) is 0 Å². The third-order valence-corrected chi connectivity index (χ3v) is 9.01. The van der Waals surface area contributed by atoms with Crippen LogP contribution in [0.1, 0.15) is 69.7 Å². The number of aliphatic carboxylic acids is 1. The number of likely N-dealkylation sites (tertiary alicyclic amines) is 1. The van der Waals surface area contributed by atoms with Crippen LogP contribution in [-0.2, 0) is 15.0 Å². The molecular weight excluding hydrogens is 612 g/mol. The summed E-state index contributed by atoms with van der Waals surface area (Å²) in [7, 11) is 1.64. The summed E-state index contributed by atoms with van der Waals surface area (Å²) < 4.78 is 0. The van der Waals surface area contributed by atoms with Gasteiger partial charge in [-0.05, 0) is 86.3 Å². The first-order valence-corrected chi connectivity index (χ1v) is 16.2. The Labute approximate surface area is 280 Å². The molecule has 11 nitrogen and oxygen atoms in total. The fourth-order valence-corrected chi connectivity index (χ4v) is 6.23. The highest BCUT2D eigenvalue weighted by Crippen LogP contribution is 2.36. The molecule has 5 N–H and O–H groups in total. The Morgan fingerprint density at radius 2 is 1.67 bits per heavy atom. The SMILES string of the molecule is CCN(CCCNCC(O)c1ccc(O)c(NC)c1/C=C\C=O)C(=O)c1ccc(C(=O)N2CCC(C(=O)O)(c3ccccc3)CC2)cc1. The van der Waals surface area contributed by atoms with Crippen LogP contribution in [0.5, 0.6) is 5.75 Å². The third kappa shape index (κ3) is 8.10. The van der Waals surface area contributed by atoms with Gasteiger partial charge in [0.1, 0.15) is 12.0 Å². The van der Waals surface area contributed by atoms with Crippen molar-refractivity contribution in [3.63, 3.8) is 0 Å². The number of anilines is 1. The number of carbonyl (C=O) groups is 4. The van der Waals surface area contributed by atoms with E-state index >= 15 is 0 Å². The van der Waals surface area contributed by atoms with Crippen LogP contribution in [0.4, 0.5) is 5.69 Å². The van der Waals surface area contributed by atoms with Crippen molar-refractivity contribution < 1.29 is 34.5 Å². The molecule has 3 aromatic rings. The van der Waals surface area contributed by atoms with Gasteiger partial charge in [0, 0.05) is 56.5 Å². The van der Waals surface area contributed by atoms with Crippen LogP contribution in [-0.4, -0.2) is 95.5 Å². The summed E-state index contributed by atoms with van der Waals surface area (Å²) in [6, 6.07) is 18.9. The molecule has 0 aromatic heterocycles. The molecule has 11 heteroatoms. The van der Waals surface area contributed by atoms with Crippen LogP contribution in [0.2, 0.25) is 0 Å². The maximum absolute atomic E-state index is 13.3. The lowest BCUT2D eigenvalue weighted by molar-refractivity contribution is -0.145. The molecule has 0 saturated carbocycles. The third-order valence-electron chi connectivity index (χ3n) is 9.01. The van der Waals surface area contributed by atoms with Crippen molar-refractivity contribution in [2.45, 2.75) is 37.7 Å². The van der Waals surface area contributed by atoms with Gasteiger partial charge < -0.3 is 35.8 Å². The normalized spacial score (nSPS) is 14.8. The molecule has 0 bridgehead atoms. The first-order chi connectivity index (χ1) is 23.2. The van der Waals surface area contributed by atoms with Gasteiger partial charge >= 0.3 is 5.97 Å². The Kier molecular flexibility index (Phi) is 12.5. The van der Waals surface area contributed by atoms with E-state index in [0.29, 0.717) is 86.2 Å². The number of nitrogens with zero attached hydrogens (tertiary/aromatic N) is 2. The molecule has 3 aromatic carbocycles. The van der Waals surface area contributed by atoms with E-state index in [0.717, 1.165) is 5.56 Å². The molecule has 0 spiro atoms. The summed E-state index contributed by atoms with van der Waals surface area (Å²) in [6.45, 7) is 4.28. The lowest BCUT2D eigenvalue weighted by Crippen LogP contribution is -2.49. The van der Waals surface area contributed by atoms with Crippen molar-refractivity contribution in [2.24, 2.45) is 0 Å². The van der Waals surface area contributed by atoms with Gasteiger partial charge in [-0.1, -0.05) is 36.4 Å². The smallest absolute Gasteiger partial charge is 0.314 e. The standard InChI is InChI=1S/C37H44N4O7/c1-3-40(21-8-20-39-25-32(44)29-16-17-31(43)33(38-2)30(29)11-7-24-42)34(45)26-12-14-27(15-13-26)35(46)41-22-18-37(19-23-41,36(47)48)28-9-5-4-6-10-28/h4-7,9-17,24,32,38-39,43-44H,3,8,18-23,25H2,1-2H3,(H,47,48)/b11-7-. The second-order valence-corrected chi connectivity index (χ2v) is 11.8. The minimum absolute atomic E-state index is 0.00668. The van der Waals surface area contributed by atoms with Crippen LogP contribution in [0, 0.1) is 0 Å². The number of piperidine rings is 1. The molecule has 0 aliphatic carbocycles. The van der Waals surface area contributed by atoms with Gasteiger partial charge in [0.15, 0.2) is 0 Å². The van der Waals surface area contributed by atoms with E-state index in [9.17, 15) is 34.5 Å². The second kappa shape index (κ2) is 16.7. The first kappa shape index (κ1) is 35.8. The molecule has 0 radical (unpaired) electrons. The fraction of sp³-hybridized carbons (Fsp3) is 0.351. The lowest BCUT2D eigenvalue weighted by Gasteiger charge is -2.39. The van der Waals surface area contributed by atoms with Crippen LogP contribution in [0.3, 0.4) is 0 Å². The molecular formula is C37H44N4O7. The molecule has 2 amide bonds. The number of phenols is 1. The highest BCUT2D eigenvalue weighted by atomic mass is 16.4. The quantitative estimate of drug-likeness (QED) is 0.0703. The summed E-state index contributed by atoms with van der Waals surface area (Å²) in [5.41, 5.74) is 2.13. The molecule has 48 heavy (non-hydrogen) atoms. The fourth-order valence-electron chi connectivity index (χ4n) is 6.23. The van der Waals surface area contributed by atoms with E-state index in [1.165, 1.54) is 18.2 Å². The van der Waals surface area contributed by atoms with Crippen molar-refractivity contribution in [1.29, 1.82) is 0 Å². The number of amides is 2. The van der Waals surface area contributed by atoms with E-state index in [-0.39, 0.29) is 24.1 Å². The minimum atomic E-state index is -1.02. The molecule has 4 rings (SSSR count). The summed E-state index contributed by atoms with van der Waals surface area (Å²) >= 11 is 0. The number of aromatic hydroxyl groups is 1. The predicted octanol–water partition coefficient (Wildman–Crippen LogP) is 4.08. The van der Waals surface area contributed by atoms with Crippen LogP contribution in [0.25, 0.3) is 6.08 Å². The maximum Gasteiger partial charge on any atom is 0.314 e. The number of nitrogens with one attached hydrogen (secondary N) is 2. The molecule has 1 fully saturated rings. The lowest BCUT2D eigenvalue weighted by atomic mass is 9.73.